The van der Waals surface area contributed by atoms with Gasteiger partial charge in [0.1, 0.15) is 11.4 Å². The summed E-state index contributed by atoms with van der Waals surface area (Å²) in [5.41, 5.74) is 4.47. The fourth-order valence-corrected chi connectivity index (χ4v) is 3.89. The summed E-state index contributed by atoms with van der Waals surface area (Å²) in [6, 6.07) is 2.36. The van der Waals surface area contributed by atoms with Crippen LogP contribution in [-0.4, -0.2) is 49.8 Å². The molecular weight excluding hydrogens is 340 g/mol. The van der Waals surface area contributed by atoms with Crippen molar-refractivity contribution < 1.29 is 9.59 Å². The van der Waals surface area contributed by atoms with Gasteiger partial charge in [-0.15, -0.1) is 10.2 Å². The van der Waals surface area contributed by atoms with E-state index in [0.29, 0.717) is 17.4 Å². The van der Waals surface area contributed by atoms with E-state index in [0.717, 1.165) is 32.1 Å². The minimum Gasteiger partial charge on any atom is -0.370 e. The van der Waals surface area contributed by atoms with Crippen molar-refractivity contribution in [2.75, 3.05) is 12.8 Å². The normalized spacial score (nSPS) is 16.2. The molecule has 0 aromatic carbocycles. The molecule has 0 radical (unpaired) electrons. The number of thioether (sulfide) groups is 1. The number of carbonyl (C=O) groups excluding carboxylic acids is 2. The molecule has 8 nitrogen and oxygen atoms in total. The van der Waals surface area contributed by atoms with Gasteiger partial charge in [-0.05, 0) is 12.8 Å². The molecule has 1 aromatic rings. The molecule has 2 N–H and O–H groups in total. The van der Waals surface area contributed by atoms with Crippen LogP contribution in [0.15, 0.2) is 5.16 Å². The predicted molar refractivity (Wildman–Crippen MR) is 93.4 cm³/mol. The molecule has 0 saturated heterocycles. The molecule has 1 heterocycles. The fraction of sp³-hybridized carbons (Fsp3) is 0.688. The predicted octanol–water partition coefficient (Wildman–Crippen LogP) is 1.01. The Bertz CT molecular complexity index is 675. The van der Waals surface area contributed by atoms with Gasteiger partial charge in [-0.1, -0.05) is 31.0 Å². The second-order valence-electron chi connectivity index (χ2n) is 6.37. The largest absolute Gasteiger partial charge is 0.370 e. The third kappa shape index (κ3) is 4.51. The third-order valence-corrected chi connectivity index (χ3v) is 5.75. The highest BCUT2D eigenvalue weighted by Gasteiger charge is 2.38. The lowest BCUT2D eigenvalue weighted by atomic mass is 9.81. The Labute approximate surface area is 151 Å². The van der Waals surface area contributed by atoms with E-state index < -0.39 is 5.54 Å². The second kappa shape index (κ2) is 8.34. The molecule has 1 saturated carbocycles. The van der Waals surface area contributed by atoms with Crippen LogP contribution in [0.25, 0.3) is 0 Å². The first-order valence-electron chi connectivity index (χ1n) is 8.37. The first kappa shape index (κ1) is 19.2. The van der Waals surface area contributed by atoms with Crippen LogP contribution in [0.5, 0.6) is 0 Å². The molecule has 0 atom stereocenters. The zero-order valence-electron chi connectivity index (χ0n) is 14.7. The summed E-state index contributed by atoms with van der Waals surface area (Å²) in [5.74, 6) is 0.378. The number of nitriles is 1. The number of primary amides is 1. The number of amides is 2. The Morgan fingerprint density at radius 1 is 1.36 bits per heavy atom. The molecule has 0 aliphatic heterocycles. The molecule has 2 rings (SSSR count). The van der Waals surface area contributed by atoms with Gasteiger partial charge in [-0.2, -0.15) is 5.26 Å². The maximum atomic E-state index is 12.5. The van der Waals surface area contributed by atoms with Crippen LogP contribution >= 0.6 is 11.8 Å². The summed E-state index contributed by atoms with van der Waals surface area (Å²) in [7, 11) is 3.51. The van der Waals surface area contributed by atoms with Gasteiger partial charge in [0.2, 0.25) is 11.8 Å². The van der Waals surface area contributed by atoms with Gasteiger partial charge in [0.05, 0.1) is 11.8 Å². The van der Waals surface area contributed by atoms with Crippen LogP contribution < -0.4 is 5.73 Å². The van der Waals surface area contributed by atoms with Crippen molar-refractivity contribution in [3.8, 4) is 6.07 Å². The molecule has 0 spiro atoms. The van der Waals surface area contributed by atoms with Crippen molar-refractivity contribution in [2.45, 2.75) is 55.6 Å². The van der Waals surface area contributed by atoms with Gasteiger partial charge in [0, 0.05) is 26.9 Å². The lowest BCUT2D eigenvalue weighted by Gasteiger charge is -2.39. The highest BCUT2D eigenvalue weighted by molar-refractivity contribution is 7.99. The van der Waals surface area contributed by atoms with Crippen molar-refractivity contribution in [1.82, 2.24) is 19.7 Å². The van der Waals surface area contributed by atoms with Crippen molar-refractivity contribution in [3.05, 3.63) is 5.82 Å². The molecule has 2 amide bonds. The van der Waals surface area contributed by atoms with E-state index in [4.69, 9.17) is 5.73 Å². The minimum atomic E-state index is -0.678. The number of aromatic nitrogens is 3. The Balaban J connectivity index is 1.95. The Kier molecular flexibility index (Phi) is 6.42. The molecule has 25 heavy (non-hydrogen) atoms. The number of hydrogen-bond acceptors (Lipinski definition) is 6. The lowest BCUT2D eigenvalue weighted by Crippen LogP contribution is -2.50. The van der Waals surface area contributed by atoms with E-state index >= 15 is 0 Å². The maximum absolute atomic E-state index is 12.5. The second-order valence-corrected chi connectivity index (χ2v) is 7.31. The smallest absolute Gasteiger partial charge is 0.234 e. The molecule has 1 aromatic heterocycles. The van der Waals surface area contributed by atoms with Gasteiger partial charge in [0.15, 0.2) is 5.16 Å². The van der Waals surface area contributed by atoms with E-state index in [1.54, 1.807) is 23.6 Å². The quantitative estimate of drug-likeness (QED) is 0.721. The van der Waals surface area contributed by atoms with E-state index in [2.05, 4.69) is 16.3 Å². The van der Waals surface area contributed by atoms with Gasteiger partial charge in [0.25, 0.3) is 0 Å². The average molecular weight is 364 g/mol. The van der Waals surface area contributed by atoms with Gasteiger partial charge < -0.3 is 15.2 Å². The van der Waals surface area contributed by atoms with Gasteiger partial charge >= 0.3 is 0 Å². The minimum absolute atomic E-state index is 0.0878. The number of carbonyl (C=O) groups is 2. The number of rotatable bonds is 7. The summed E-state index contributed by atoms with van der Waals surface area (Å²) in [6.45, 7) is 0. The van der Waals surface area contributed by atoms with Crippen LogP contribution in [0.1, 0.15) is 44.3 Å². The van der Waals surface area contributed by atoms with Gasteiger partial charge in [-0.3, -0.25) is 9.59 Å². The lowest BCUT2D eigenvalue weighted by molar-refractivity contribution is -0.132. The standard InChI is InChI=1S/C16H24N6O2S/c1-21-13(7-6-12(18)23)19-20-15(21)25-10-14(24)22(2)16(11-17)8-4-3-5-9-16/h3-10H2,1-2H3,(H2,18,23). The van der Waals surface area contributed by atoms with Crippen LogP contribution in [0, 0.1) is 11.3 Å². The third-order valence-electron chi connectivity index (χ3n) is 4.75. The first-order chi connectivity index (χ1) is 11.9. The Morgan fingerprint density at radius 3 is 2.64 bits per heavy atom. The fourth-order valence-electron chi connectivity index (χ4n) is 3.04. The first-order valence-corrected chi connectivity index (χ1v) is 9.35. The summed E-state index contributed by atoms with van der Waals surface area (Å²) in [6.07, 6.45) is 5.17. The van der Waals surface area contributed by atoms with Crippen LogP contribution in [-0.2, 0) is 23.1 Å². The van der Waals surface area contributed by atoms with E-state index in [-0.39, 0.29) is 24.0 Å². The maximum Gasteiger partial charge on any atom is 0.234 e. The van der Waals surface area contributed by atoms with Crippen molar-refractivity contribution in [3.63, 3.8) is 0 Å². The van der Waals surface area contributed by atoms with E-state index in [1.807, 2.05) is 0 Å². The number of hydrogen-bond donors (Lipinski definition) is 1. The number of nitrogens with zero attached hydrogens (tertiary/aromatic N) is 5. The zero-order valence-corrected chi connectivity index (χ0v) is 15.5. The molecular formula is C16H24N6O2S. The van der Waals surface area contributed by atoms with Crippen molar-refractivity contribution >= 4 is 23.6 Å². The summed E-state index contributed by atoms with van der Waals surface area (Å²) in [5, 5.41) is 18.3. The van der Waals surface area contributed by atoms with Crippen molar-refractivity contribution in [2.24, 2.45) is 12.8 Å². The number of aryl methyl sites for hydroxylation is 1. The van der Waals surface area contributed by atoms with Crippen LogP contribution in [0.4, 0.5) is 0 Å². The summed E-state index contributed by atoms with van der Waals surface area (Å²) < 4.78 is 1.77. The van der Waals surface area contributed by atoms with Crippen LogP contribution in [0.3, 0.4) is 0 Å². The molecule has 1 aliphatic carbocycles. The van der Waals surface area contributed by atoms with E-state index in [1.165, 1.54) is 11.8 Å². The monoisotopic (exact) mass is 364 g/mol. The molecule has 1 aliphatic rings. The average Bonchev–Trinajstić information content (AvgIpc) is 2.97. The molecule has 0 unspecified atom stereocenters. The summed E-state index contributed by atoms with van der Waals surface area (Å²) in [4.78, 5) is 25.0. The summed E-state index contributed by atoms with van der Waals surface area (Å²) >= 11 is 1.28. The number of nitrogens with two attached hydrogens (primary N) is 1. The topological polar surface area (TPSA) is 118 Å². The van der Waals surface area contributed by atoms with Gasteiger partial charge in [-0.25, -0.2) is 0 Å². The van der Waals surface area contributed by atoms with E-state index in [9.17, 15) is 14.9 Å². The Hall–Kier alpha value is -2.08. The molecule has 0 bridgehead atoms. The van der Waals surface area contributed by atoms with Crippen LogP contribution in [0.2, 0.25) is 0 Å². The highest BCUT2D eigenvalue weighted by atomic mass is 32.2. The molecule has 136 valence electrons. The Morgan fingerprint density at radius 2 is 2.04 bits per heavy atom. The highest BCUT2D eigenvalue weighted by Crippen LogP contribution is 2.33. The molecule has 9 heteroatoms. The zero-order chi connectivity index (χ0) is 18.4. The SMILES string of the molecule is CN(C(=O)CSc1nnc(CCC(N)=O)n1C)C1(C#N)CCCCC1. The van der Waals surface area contributed by atoms with Crippen molar-refractivity contribution in [1.29, 1.82) is 5.26 Å². The molecule has 1 fully saturated rings.